The van der Waals surface area contributed by atoms with Crippen molar-refractivity contribution in [1.82, 2.24) is 10.1 Å². The summed E-state index contributed by atoms with van der Waals surface area (Å²) in [6.45, 7) is 0.913. The average molecular weight is 280 g/mol. The van der Waals surface area contributed by atoms with Crippen molar-refractivity contribution in [2.45, 2.75) is 24.9 Å². The Labute approximate surface area is 114 Å². The fraction of sp³-hybridized carbons (Fsp3) is 0.500. The number of hydrogen-bond acceptors (Lipinski definition) is 6. The van der Waals surface area contributed by atoms with Crippen LogP contribution < -0.4 is 16.4 Å². The van der Waals surface area contributed by atoms with Gasteiger partial charge in [-0.15, -0.1) is 0 Å². The second-order valence-corrected chi connectivity index (χ2v) is 5.74. The quantitative estimate of drug-likeness (QED) is 0.819. The molecule has 6 nitrogen and oxygen atoms in total. The van der Waals surface area contributed by atoms with Crippen LogP contribution in [-0.2, 0) is 0 Å². The maximum absolute atomic E-state index is 6.22. The number of hydrogen-bond donors (Lipinski definition) is 2. The van der Waals surface area contributed by atoms with E-state index in [-0.39, 0.29) is 6.04 Å². The Morgan fingerprint density at radius 1 is 1.42 bits per heavy atom. The van der Waals surface area contributed by atoms with E-state index in [9.17, 15) is 0 Å². The van der Waals surface area contributed by atoms with Gasteiger partial charge in [0.25, 0.3) is 0 Å². The van der Waals surface area contributed by atoms with E-state index >= 15 is 0 Å². The summed E-state index contributed by atoms with van der Waals surface area (Å²) in [7, 11) is 0. The topological polar surface area (TPSA) is 94.2 Å². The van der Waals surface area contributed by atoms with E-state index in [4.69, 9.17) is 27.6 Å². The molecule has 0 spiro atoms. The molecule has 7 heteroatoms. The van der Waals surface area contributed by atoms with Crippen molar-refractivity contribution in [3.63, 3.8) is 0 Å². The van der Waals surface area contributed by atoms with E-state index in [2.05, 4.69) is 15.0 Å². The molecule has 0 amide bonds. The largest absolute Gasteiger partial charge is 0.380 e. The van der Waals surface area contributed by atoms with E-state index in [1.165, 1.54) is 6.42 Å². The zero-order chi connectivity index (χ0) is 13.1. The minimum absolute atomic E-state index is 0.216. The molecule has 1 saturated carbocycles. The minimum atomic E-state index is 0.216. The monoisotopic (exact) mass is 279 g/mol. The van der Waals surface area contributed by atoms with Crippen molar-refractivity contribution in [2.75, 3.05) is 17.2 Å². The second-order valence-electron chi connectivity index (χ2n) is 5.34. The Bertz CT molecular complexity index is 657. The summed E-state index contributed by atoms with van der Waals surface area (Å²) >= 11 is 6.10. The Kier molecular flexibility index (Phi) is 2.23. The van der Waals surface area contributed by atoms with E-state index in [0.29, 0.717) is 33.8 Å². The second kappa shape index (κ2) is 3.74. The molecule has 4 rings (SSSR count). The van der Waals surface area contributed by atoms with E-state index in [0.717, 1.165) is 18.8 Å². The molecule has 3 unspecified atom stereocenters. The van der Waals surface area contributed by atoms with Gasteiger partial charge >= 0.3 is 0 Å². The zero-order valence-electron chi connectivity index (χ0n) is 10.2. The van der Waals surface area contributed by atoms with Crippen molar-refractivity contribution < 1.29 is 4.52 Å². The van der Waals surface area contributed by atoms with Crippen LogP contribution in [0.5, 0.6) is 0 Å². The molecule has 0 radical (unpaired) electrons. The molecule has 19 heavy (non-hydrogen) atoms. The summed E-state index contributed by atoms with van der Waals surface area (Å²) in [6.07, 6.45) is 3.89. The Hall–Kier alpha value is -1.53. The van der Waals surface area contributed by atoms with Crippen LogP contribution >= 0.6 is 11.6 Å². The van der Waals surface area contributed by atoms with Crippen molar-refractivity contribution in [3.05, 3.63) is 11.2 Å². The maximum atomic E-state index is 6.22. The fourth-order valence-electron chi connectivity index (χ4n) is 3.42. The third-order valence-electron chi connectivity index (χ3n) is 4.39. The third kappa shape index (κ3) is 1.41. The number of fused-ring (bicyclic) bond motifs is 3. The summed E-state index contributed by atoms with van der Waals surface area (Å²) in [6, 6.07) is 0.543. The molecule has 3 heterocycles. The average Bonchev–Trinajstić information content (AvgIpc) is 3.05. The SMILES string of the molecule is Nc1noc2c(N3CC4CCC3C4N)ncc(Cl)c12. The van der Waals surface area contributed by atoms with Gasteiger partial charge in [-0.1, -0.05) is 16.8 Å². The highest BCUT2D eigenvalue weighted by molar-refractivity contribution is 6.36. The molecule has 1 aliphatic heterocycles. The molecule has 2 aliphatic rings. The van der Waals surface area contributed by atoms with Gasteiger partial charge < -0.3 is 20.9 Å². The summed E-state index contributed by atoms with van der Waals surface area (Å²) in [4.78, 5) is 6.61. The number of rotatable bonds is 1. The summed E-state index contributed by atoms with van der Waals surface area (Å²) in [5.74, 6) is 1.60. The van der Waals surface area contributed by atoms with Gasteiger partial charge in [0.05, 0.1) is 10.4 Å². The van der Waals surface area contributed by atoms with Gasteiger partial charge in [-0.05, 0) is 18.8 Å². The highest BCUT2D eigenvalue weighted by Crippen LogP contribution is 2.42. The molecule has 2 aromatic rings. The molecule has 2 aromatic heterocycles. The number of pyridine rings is 1. The Morgan fingerprint density at radius 3 is 2.95 bits per heavy atom. The summed E-state index contributed by atoms with van der Waals surface area (Å²) < 4.78 is 5.31. The van der Waals surface area contributed by atoms with Crippen molar-refractivity contribution in [3.8, 4) is 0 Å². The predicted molar refractivity (Wildman–Crippen MR) is 73.1 cm³/mol. The number of nitrogens with two attached hydrogens (primary N) is 2. The Balaban J connectivity index is 1.87. The standard InChI is InChI=1S/C12H14ClN5O/c13-6-3-16-12(10-8(6)11(15)17-19-10)18-4-5-1-2-7(18)9(5)14/h3,5,7,9H,1-2,4,14H2,(H2,15,17). The molecule has 2 fully saturated rings. The molecular formula is C12H14ClN5O. The molecule has 4 N–H and O–H groups in total. The van der Waals surface area contributed by atoms with E-state index in [1.54, 1.807) is 6.20 Å². The van der Waals surface area contributed by atoms with Gasteiger partial charge in [-0.2, -0.15) is 0 Å². The summed E-state index contributed by atoms with van der Waals surface area (Å²) in [5.41, 5.74) is 12.6. The van der Waals surface area contributed by atoms with Crippen LogP contribution in [0.2, 0.25) is 5.02 Å². The first-order valence-corrected chi connectivity index (χ1v) is 6.76. The van der Waals surface area contributed by atoms with E-state index < -0.39 is 0 Å². The molecule has 1 aliphatic carbocycles. The first kappa shape index (κ1) is 11.3. The fourth-order valence-corrected chi connectivity index (χ4v) is 3.65. The van der Waals surface area contributed by atoms with Crippen LogP contribution in [0.4, 0.5) is 11.6 Å². The molecule has 3 atom stereocenters. The number of aromatic nitrogens is 2. The van der Waals surface area contributed by atoms with Crippen LogP contribution in [0.15, 0.2) is 10.7 Å². The molecule has 2 bridgehead atoms. The van der Waals surface area contributed by atoms with Crippen LogP contribution in [0.1, 0.15) is 12.8 Å². The highest BCUT2D eigenvalue weighted by Gasteiger charge is 2.46. The smallest absolute Gasteiger partial charge is 0.213 e. The number of anilines is 2. The zero-order valence-corrected chi connectivity index (χ0v) is 11.0. The van der Waals surface area contributed by atoms with Crippen molar-refractivity contribution in [2.24, 2.45) is 11.7 Å². The van der Waals surface area contributed by atoms with Gasteiger partial charge in [0, 0.05) is 24.8 Å². The highest BCUT2D eigenvalue weighted by atomic mass is 35.5. The van der Waals surface area contributed by atoms with Crippen molar-refractivity contribution >= 4 is 34.2 Å². The van der Waals surface area contributed by atoms with Gasteiger partial charge in [-0.3, -0.25) is 0 Å². The molecule has 100 valence electrons. The van der Waals surface area contributed by atoms with Crippen LogP contribution in [-0.4, -0.2) is 28.8 Å². The van der Waals surface area contributed by atoms with Crippen molar-refractivity contribution in [1.29, 1.82) is 0 Å². The minimum Gasteiger partial charge on any atom is -0.380 e. The Morgan fingerprint density at radius 2 is 2.26 bits per heavy atom. The third-order valence-corrected chi connectivity index (χ3v) is 4.67. The predicted octanol–water partition coefficient (Wildman–Crippen LogP) is 1.38. The van der Waals surface area contributed by atoms with Crippen LogP contribution in [0, 0.1) is 5.92 Å². The normalized spacial score (nSPS) is 29.6. The van der Waals surface area contributed by atoms with Crippen LogP contribution in [0.25, 0.3) is 11.0 Å². The summed E-state index contributed by atoms with van der Waals surface area (Å²) in [5, 5.41) is 4.90. The van der Waals surface area contributed by atoms with E-state index in [1.807, 2.05) is 0 Å². The van der Waals surface area contributed by atoms with Crippen LogP contribution in [0.3, 0.4) is 0 Å². The lowest BCUT2D eigenvalue weighted by Gasteiger charge is -2.27. The van der Waals surface area contributed by atoms with Gasteiger partial charge in [-0.25, -0.2) is 4.98 Å². The number of nitrogen functional groups attached to an aromatic ring is 1. The van der Waals surface area contributed by atoms with Gasteiger partial charge in [0.2, 0.25) is 5.58 Å². The first-order chi connectivity index (χ1) is 9.16. The number of piperidine rings is 1. The maximum Gasteiger partial charge on any atom is 0.213 e. The number of nitrogens with zero attached hydrogens (tertiary/aromatic N) is 3. The molecule has 0 aromatic carbocycles. The van der Waals surface area contributed by atoms with Gasteiger partial charge in [0.15, 0.2) is 11.6 Å². The lowest BCUT2D eigenvalue weighted by Crippen LogP contribution is -2.38. The molecular weight excluding hydrogens is 266 g/mol. The van der Waals surface area contributed by atoms with Gasteiger partial charge in [0.1, 0.15) is 0 Å². The number of halogens is 1. The first-order valence-electron chi connectivity index (χ1n) is 6.38. The molecule has 1 saturated heterocycles. The lowest BCUT2D eigenvalue weighted by molar-refractivity contribution is 0.457. The lowest BCUT2D eigenvalue weighted by atomic mass is 10.1.